The number of nitrogens with zero attached hydrogens (tertiary/aromatic N) is 2. The lowest BCUT2D eigenvalue weighted by molar-refractivity contribution is -0.137. The average molecular weight is 357 g/mol. The molecule has 6 heteroatoms. The molecule has 0 aliphatic carbocycles. The van der Waals surface area contributed by atoms with Gasteiger partial charge in [-0.2, -0.15) is 0 Å². The molecule has 2 amide bonds. The zero-order chi connectivity index (χ0) is 19.3. The standard InChI is InChI=1S/C20H27N3O3/c1-14-6-9-17(10-7-14)21-19(24)13-23(5)20(25)16(3)22(4)12-18-11-8-15(2)26-18/h6-11,16H,12-13H2,1-5H3,(H,21,24)/t16-/m1/s1. The number of nitrogens with one attached hydrogen (secondary N) is 1. The van der Waals surface area contributed by atoms with Crippen molar-refractivity contribution < 1.29 is 14.0 Å². The third-order valence-electron chi connectivity index (χ3n) is 4.31. The van der Waals surface area contributed by atoms with Gasteiger partial charge in [0.2, 0.25) is 11.8 Å². The van der Waals surface area contributed by atoms with E-state index in [0.29, 0.717) is 6.54 Å². The fraction of sp³-hybridized carbons (Fsp3) is 0.400. The smallest absolute Gasteiger partial charge is 0.243 e. The quantitative estimate of drug-likeness (QED) is 0.827. The maximum absolute atomic E-state index is 12.6. The summed E-state index contributed by atoms with van der Waals surface area (Å²) in [7, 11) is 3.50. The van der Waals surface area contributed by atoms with Crippen LogP contribution in [0.5, 0.6) is 0 Å². The molecule has 0 saturated heterocycles. The molecule has 1 N–H and O–H groups in total. The molecule has 0 fully saturated rings. The minimum Gasteiger partial charge on any atom is -0.465 e. The Bertz CT molecular complexity index is 752. The molecule has 6 nitrogen and oxygen atoms in total. The summed E-state index contributed by atoms with van der Waals surface area (Å²) < 4.78 is 5.55. The molecular weight excluding hydrogens is 330 g/mol. The first-order chi connectivity index (χ1) is 12.3. The number of carbonyl (C=O) groups is 2. The van der Waals surface area contributed by atoms with Crippen LogP contribution in [0, 0.1) is 13.8 Å². The molecule has 26 heavy (non-hydrogen) atoms. The van der Waals surface area contributed by atoms with Crippen molar-refractivity contribution in [2.45, 2.75) is 33.4 Å². The molecule has 0 unspecified atom stereocenters. The molecule has 0 bridgehead atoms. The van der Waals surface area contributed by atoms with Gasteiger partial charge in [0.05, 0.1) is 19.1 Å². The molecule has 0 radical (unpaired) electrons. The molecule has 0 aliphatic heterocycles. The van der Waals surface area contributed by atoms with Gasteiger partial charge in [-0.25, -0.2) is 0 Å². The van der Waals surface area contributed by atoms with Gasteiger partial charge in [0.25, 0.3) is 0 Å². The van der Waals surface area contributed by atoms with E-state index in [2.05, 4.69) is 5.32 Å². The highest BCUT2D eigenvalue weighted by Gasteiger charge is 2.23. The van der Waals surface area contributed by atoms with Crippen LogP contribution in [0.4, 0.5) is 5.69 Å². The predicted octanol–water partition coefficient (Wildman–Crippen LogP) is 2.81. The Balaban J connectivity index is 1.86. The van der Waals surface area contributed by atoms with Gasteiger partial charge in [0.15, 0.2) is 0 Å². The van der Waals surface area contributed by atoms with Gasteiger partial charge in [-0.05, 0) is 52.1 Å². The molecule has 0 aliphatic rings. The number of hydrogen-bond acceptors (Lipinski definition) is 4. The molecule has 140 valence electrons. The Labute approximate surface area is 154 Å². The van der Waals surface area contributed by atoms with Crippen LogP contribution >= 0.6 is 0 Å². The van der Waals surface area contributed by atoms with Gasteiger partial charge in [-0.3, -0.25) is 14.5 Å². The second-order valence-corrected chi connectivity index (χ2v) is 6.71. The van der Waals surface area contributed by atoms with Crippen molar-refractivity contribution in [2.24, 2.45) is 0 Å². The van der Waals surface area contributed by atoms with E-state index in [1.807, 2.05) is 69.1 Å². The van der Waals surface area contributed by atoms with Crippen LogP contribution in [-0.4, -0.2) is 48.3 Å². The van der Waals surface area contributed by atoms with Crippen LogP contribution < -0.4 is 5.32 Å². The maximum atomic E-state index is 12.6. The van der Waals surface area contributed by atoms with Crippen LogP contribution in [0.15, 0.2) is 40.8 Å². The van der Waals surface area contributed by atoms with E-state index in [1.54, 1.807) is 7.05 Å². The summed E-state index contributed by atoms with van der Waals surface area (Å²) >= 11 is 0. The van der Waals surface area contributed by atoms with E-state index in [-0.39, 0.29) is 24.4 Å². The number of aryl methyl sites for hydroxylation is 2. The van der Waals surface area contributed by atoms with Gasteiger partial charge in [-0.15, -0.1) is 0 Å². The minimum absolute atomic E-state index is 0.00471. The zero-order valence-corrected chi connectivity index (χ0v) is 16.1. The Morgan fingerprint density at radius 1 is 1.08 bits per heavy atom. The fourth-order valence-electron chi connectivity index (χ4n) is 2.59. The van der Waals surface area contributed by atoms with E-state index >= 15 is 0 Å². The van der Waals surface area contributed by atoms with Crippen molar-refractivity contribution >= 4 is 17.5 Å². The summed E-state index contributed by atoms with van der Waals surface area (Å²) in [6.07, 6.45) is 0. The first kappa shape index (κ1) is 19.7. The van der Waals surface area contributed by atoms with E-state index in [9.17, 15) is 9.59 Å². The SMILES string of the molecule is Cc1ccc(NC(=O)CN(C)C(=O)[C@@H](C)N(C)Cc2ccc(C)o2)cc1. The fourth-order valence-corrected chi connectivity index (χ4v) is 2.59. The molecule has 1 atom stereocenters. The molecule has 0 spiro atoms. The van der Waals surface area contributed by atoms with Gasteiger partial charge in [-0.1, -0.05) is 17.7 Å². The first-order valence-electron chi connectivity index (χ1n) is 8.63. The molecule has 0 saturated carbocycles. The van der Waals surface area contributed by atoms with E-state index in [0.717, 1.165) is 22.8 Å². The lowest BCUT2D eigenvalue weighted by Crippen LogP contribution is -2.46. The highest BCUT2D eigenvalue weighted by Crippen LogP contribution is 2.12. The largest absolute Gasteiger partial charge is 0.465 e. The third-order valence-corrected chi connectivity index (χ3v) is 4.31. The second kappa shape index (κ2) is 8.67. The number of rotatable bonds is 7. The van der Waals surface area contributed by atoms with Crippen LogP contribution in [0.1, 0.15) is 24.0 Å². The topological polar surface area (TPSA) is 65.8 Å². The first-order valence-corrected chi connectivity index (χ1v) is 8.63. The summed E-state index contributed by atoms with van der Waals surface area (Å²) in [4.78, 5) is 28.1. The zero-order valence-electron chi connectivity index (χ0n) is 16.1. The van der Waals surface area contributed by atoms with E-state index < -0.39 is 0 Å². The normalized spacial score (nSPS) is 12.1. The van der Waals surface area contributed by atoms with Gasteiger partial charge < -0.3 is 14.6 Å². The number of anilines is 1. The summed E-state index contributed by atoms with van der Waals surface area (Å²) in [5.41, 5.74) is 1.85. The Morgan fingerprint density at radius 2 is 1.73 bits per heavy atom. The van der Waals surface area contributed by atoms with E-state index in [1.165, 1.54) is 4.90 Å². The van der Waals surface area contributed by atoms with E-state index in [4.69, 9.17) is 4.42 Å². The number of benzene rings is 1. The molecule has 1 aromatic carbocycles. The van der Waals surface area contributed by atoms with Crippen molar-refractivity contribution in [3.05, 3.63) is 53.5 Å². The summed E-state index contributed by atoms with van der Waals surface area (Å²) in [6, 6.07) is 11.0. The van der Waals surface area contributed by atoms with Gasteiger partial charge >= 0.3 is 0 Å². The molecule has 2 rings (SSSR count). The van der Waals surface area contributed by atoms with Crippen LogP contribution in [-0.2, 0) is 16.1 Å². The Hall–Kier alpha value is -2.60. The summed E-state index contributed by atoms with van der Waals surface area (Å²) in [5, 5.41) is 2.80. The van der Waals surface area contributed by atoms with Crippen molar-refractivity contribution in [3.8, 4) is 0 Å². The number of hydrogen-bond donors (Lipinski definition) is 1. The maximum Gasteiger partial charge on any atom is 0.243 e. The average Bonchev–Trinajstić information content (AvgIpc) is 3.00. The molecule has 2 aromatic rings. The molecule has 1 heterocycles. The number of furan rings is 1. The van der Waals surface area contributed by atoms with Gasteiger partial charge in [0, 0.05) is 12.7 Å². The van der Waals surface area contributed by atoms with Crippen molar-refractivity contribution in [2.75, 3.05) is 26.0 Å². The van der Waals surface area contributed by atoms with Crippen molar-refractivity contribution in [1.82, 2.24) is 9.80 Å². The van der Waals surface area contributed by atoms with Crippen molar-refractivity contribution in [1.29, 1.82) is 0 Å². The molecule has 1 aromatic heterocycles. The van der Waals surface area contributed by atoms with Crippen LogP contribution in [0.3, 0.4) is 0 Å². The summed E-state index contributed by atoms with van der Waals surface area (Å²) in [5.74, 6) is 1.32. The number of likely N-dealkylation sites (N-methyl/N-ethyl adjacent to an activating group) is 2. The predicted molar refractivity (Wildman–Crippen MR) is 102 cm³/mol. The monoisotopic (exact) mass is 357 g/mol. The third kappa shape index (κ3) is 5.46. The highest BCUT2D eigenvalue weighted by atomic mass is 16.3. The van der Waals surface area contributed by atoms with Crippen molar-refractivity contribution in [3.63, 3.8) is 0 Å². The number of carbonyl (C=O) groups excluding carboxylic acids is 2. The molecular formula is C20H27N3O3. The van der Waals surface area contributed by atoms with Gasteiger partial charge in [0.1, 0.15) is 11.5 Å². The second-order valence-electron chi connectivity index (χ2n) is 6.71. The lowest BCUT2D eigenvalue weighted by Gasteiger charge is -2.27. The lowest BCUT2D eigenvalue weighted by atomic mass is 10.2. The minimum atomic E-state index is -0.363. The highest BCUT2D eigenvalue weighted by molar-refractivity contribution is 5.95. The van der Waals surface area contributed by atoms with Crippen LogP contribution in [0.25, 0.3) is 0 Å². The Kier molecular flexibility index (Phi) is 6.58. The summed E-state index contributed by atoms with van der Waals surface area (Å²) in [6.45, 7) is 6.24. The van der Waals surface area contributed by atoms with Crippen LogP contribution in [0.2, 0.25) is 0 Å². The number of amides is 2. The Morgan fingerprint density at radius 3 is 2.31 bits per heavy atom.